The van der Waals surface area contributed by atoms with Crippen LogP contribution in [0, 0.1) is 11.3 Å². The Morgan fingerprint density at radius 2 is 1.92 bits per heavy atom. The Hall–Kier alpha value is -1.36. The summed E-state index contributed by atoms with van der Waals surface area (Å²) in [6.07, 6.45) is 15.0. The second kappa shape index (κ2) is 6.51. The monoisotopic (exact) mass is 331 g/mol. The van der Waals surface area contributed by atoms with Gasteiger partial charge in [0.05, 0.1) is 18.2 Å². The lowest BCUT2D eigenvalue weighted by molar-refractivity contribution is -0.152. The van der Waals surface area contributed by atoms with E-state index in [1.54, 1.807) is 0 Å². The first-order valence-electron chi connectivity index (χ1n) is 9.62. The number of carboxylic acid groups (broad SMARTS) is 1. The van der Waals surface area contributed by atoms with Gasteiger partial charge in [0.1, 0.15) is 0 Å². The molecule has 4 rings (SSSR count). The van der Waals surface area contributed by atoms with Crippen LogP contribution in [0.5, 0.6) is 0 Å². The van der Waals surface area contributed by atoms with E-state index in [1.165, 1.54) is 37.7 Å². The van der Waals surface area contributed by atoms with Crippen molar-refractivity contribution in [2.24, 2.45) is 11.3 Å². The van der Waals surface area contributed by atoms with E-state index >= 15 is 0 Å². The molecule has 0 bridgehead atoms. The number of aromatic nitrogens is 2. The van der Waals surface area contributed by atoms with E-state index in [4.69, 9.17) is 5.11 Å². The minimum Gasteiger partial charge on any atom is -0.481 e. The first-order valence-corrected chi connectivity index (χ1v) is 9.62. The van der Waals surface area contributed by atoms with Gasteiger partial charge in [-0.05, 0) is 57.0 Å². The Labute approximate surface area is 144 Å². The molecule has 2 saturated carbocycles. The second-order valence-corrected chi connectivity index (χ2v) is 8.34. The van der Waals surface area contributed by atoms with Crippen LogP contribution in [0.3, 0.4) is 0 Å². The van der Waals surface area contributed by atoms with Crippen LogP contribution in [0.2, 0.25) is 0 Å². The average Bonchev–Trinajstić information content (AvgIpc) is 3.03. The van der Waals surface area contributed by atoms with Crippen molar-refractivity contribution >= 4 is 5.97 Å². The van der Waals surface area contributed by atoms with E-state index in [0.717, 1.165) is 45.3 Å². The number of hydrogen-bond donors (Lipinski definition) is 1. The summed E-state index contributed by atoms with van der Waals surface area (Å²) < 4.78 is 2.20. The molecule has 3 aliphatic rings. The van der Waals surface area contributed by atoms with Gasteiger partial charge in [-0.25, -0.2) is 0 Å². The predicted molar refractivity (Wildman–Crippen MR) is 91.7 cm³/mol. The number of nitrogens with zero attached hydrogens (tertiary/aromatic N) is 3. The molecule has 1 saturated heterocycles. The van der Waals surface area contributed by atoms with Gasteiger partial charge in [0.2, 0.25) is 0 Å². The summed E-state index contributed by atoms with van der Waals surface area (Å²) in [6, 6.07) is 0.611. The average molecular weight is 331 g/mol. The Bertz CT molecular complexity index is 575. The van der Waals surface area contributed by atoms with Crippen LogP contribution in [0.1, 0.15) is 69.4 Å². The SMILES string of the molecule is O=C(O)C1CC2(CCN(Cc3cnn(C4CCCCC4)c3)CC2)C1. The smallest absolute Gasteiger partial charge is 0.306 e. The molecule has 0 radical (unpaired) electrons. The van der Waals surface area contributed by atoms with E-state index in [-0.39, 0.29) is 5.92 Å². The summed E-state index contributed by atoms with van der Waals surface area (Å²) in [4.78, 5) is 13.5. The van der Waals surface area contributed by atoms with Crippen LogP contribution in [-0.4, -0.2) is 38.8 Å². The molecule has 5 nitrogen and oxygen atoms in total. The molecular formula is C19H29N3O2. The molecule has 1 spiro atoms. The lowest BCUT2D eigenvalue weighted by Gasteiger charge is -2.51. The second-order valence-electron chi connectivity index (χ2n) is 8.34. The third-order valence-electron chi connectivity index (χ3n) is 6.63. The van der Waals surface area contributed by atoms with E-state index in [9.17, 15) is 4.79 Å². The van der Waals surface area contributed by atoms with Crippen molar-refractivity contribution in [1.82, 2.24) is 14.7 Å². The molecule has 132 valence electrons. The third-order valence-corrected chi connectivity index (χ3v) is 6.63. The lowest BCUT2D eigenvalue weighted by Crippen LogP contribution is -2.48. The highest BCUT2D eigenvalue weighted by Gasteiger charge is 2.48. The Morgan fingerprint density at radius 1 is 1.21 bits per heavy atom. The van der Waals surface area contributed by atoms with E-state index in [1.807, 2.05) is 6.20 Å². The minimum absolute atomic E-state index is 0.0784. The number of rotatable bonds is 4. The van der Waals surface area contributed by atoms with Crippen molar-refractivity contribution in [3.8, 4) is 0 Å². The van der Waals surface area contributed by atoms with Crippen molar-refractivity contribution in [2.75, 3.05) is 13.1 Å². The summed E-state index contributed by atoms with van der Waals surface area (Å²) in [5, 5.41) is 13.7. The third kappa shape index (κ3) is 3.23. The fourth-order valence-electron chi connectivity index (χ4n) is 5.02. The molecule has 0 atom stereocenters. The molecule has 1 aliphatic heterocycles. The maximum absolute atomic E-state index is 11.0. The van der Waals surface area contributed by atoms with Crippen LogP contribution in [0.25, 0.3) is 0 Å². The molecule has 2 aliphatic carbocycles. The molecule has 2 heterocycles. The maximum atomic E-state index is 11.0. The molecule has 1 aromatic rings. The summed E-state index contributed by atoms with van der Waals surface area (Å²) in [6.45, 7) is 3.19. The van der Waals surface area contributed by atoms with Gasteiger partial charge in [0.15, 0.2) is 0 Å². The zero-order valence-corrected chi connectivity index (χ0v) is 14.5. The summed E-state index contributed by atoms with van der Waals surface area (Å²) in [5.74, 6) is -0.677. The number of likely N-dealkylation sites (tertiary alicyclic amines) is 1. The zero-order chi connectivity index (χ0) is 16.6. The van der Waals surface area contributed by atoms with Crippen molar-refractivity contribution in [2.45, 2.75) is 70.4 Å². The minimum atomic E-state index is -0.599. The van der Waals surface area contributed by atoms with Crippen molar-refractivity contribution in [3.05, 3.63) is 18.0 Å². The van der Waals surface area contributed by atoms with Crippen molar-refractivity contribution < 1.29 is 9.90 Å². The van der Waals surface area contributed by atoms with Crippen LogP contribution in [0.4, 0.5) is 0 Å². The Morgan fingerprint density at radius 3 is 2.58 bits per heavy atom. The zero-order valence-electron chi connectivity index (χ0n) is 14.5. The standard InChI is InChI=1S/C19H29N3O2/c23-18(24)16-10-19(11-16)6-8-21(9-7-19)13-15-12-20-22(14-15)17-4-2-1-3-5-17/h12,14,16-17H,1-11,13H2,(H,23,24). The molecular weight excluding hydrogens is 302 g/mol. The van der Waals surface area contributed by atoms with Gasteiger partial charge in [0.25, 0.3) is 0 Å². The largest absolute Gasteiger partial charge is 0.481 e. The fourth-order valence-corrected chi connectivity index (χ4v) is 5.02. The highest BCUT2D eigenvalue weighted by Crippen LogP contribution is 2.52. The lowest BCUT2D eigenvalue weighted by atomic mass is 9.57. The van der Waals surface area contributed by atoms with Gasteiger partial charge in [-0.1, -0.05) is 19.3 Å². The Balaban J connectivity index is 1.27. The normalized spacial score (nSPS) is 25.7. The van der Waals surface area contributed by atoms with Gasteiger partial charge in [-0.15, -0.1) is 0 Å². The summed E-state index contributed by atoms with van der Waals surface area (Å²) >= 11 is 0. The fraction of sp³-hybridized carbons (Fsp3) is 0.789. The first-order chi connectivity index (χ1) is 11.6. The molecule has 0 unspecified atom stereocenters. The highest BCUT2D eigenvalue weighted by molar-refractivity contribution is 5.71. The number of piperidine rings is 1. The number of carbonyl (C=O) groups is 1. The van der Waals surface area contributed by atoms with E-state index < -0.39 is 5.97 Å². The van der Waals surface area contributed by atoms with E-state index in [0.29, 0.717) is 11.5 Å². The Kier molecular flexibility index (Phi) is 4.37. The van der Waals surface area contributed by atoms with Gasteiger partial charge >= 0.3 is 5.97 Å². The topological polar surface area (TPSA) is 58.4 Å². The quantitative estimate of drug-likeness (QED) is 0.918. The number of carboxylic acids is 1. The summed E-state index contributed by atoms with van der Waals surface area (Å²) in [5.41, 5.74) is 1.67. The first kappa shape index (κ1) is 16.1. The molecule has 0 aromatic carbocycles. The molecule has 24 heavy (non-hydrogen) atoms. The molecule has 3 fully saturated rings. The van der Waals surface area contributed by atoms with Gasteiger partial charge in [0, 0.05) is 18.3 Å². The molecule has 1 N–H and O–H groups in total. The van der Waals surface area contributed by atoms with Gasteiger partial charge in [-0.3, -0.25) is 14.4 Å². The van der Waals surface area contributed by atoms with Gasteiger partial charge in [-0.2, -0.15) is 5.10 Å². The van der Waals surface area contributed by atoms with E-state index in [2.05, 4.69) is 20.9 Å². The number of hydrogen-bond acceptors (Lipinski definition) is 3. The van der Waals surface area contributed by atoms with Crippen molar-refractivity contribution in [1.29, 1.82) is 0 Å². The predicted octanol–water partition coefficient (Wildman–Crippen LogP) is 3.47. The maximum Gasteiger partial charge on any atom is 0.306 e. The van der Waals surface area contributed by atoms with Crippen LogP contribution >= 0.6 is 0 Å². The highest BCUT2D eigenvalue weighted by atomic mass is 16.4. The van der Waals surface area contributed by atoms with Crippen molar-refractivity contribution in [3.63, 3.8) is 0 Å². The van der Waals surface area contributed by atoms with Gasteiger partial charge < -0.3 is 5.11 Å². The van der Waals surface area contributed by atoms with Crippen LogP contribution in [0.15, 0.2) is 12.4 Å². The molecule has 1 aromatic heterocycles. The number of aliphatic carboxylic acids is 1. The molecule has 5 heteroatoms. The van der Waals surface area contributed by atoms with Crippen LogP contribution < -0.4 is 0 Å². The summed E-state index contributed by atoms with van der Waals surface area (Å²) in [7, 11) is 0. The van der Waals surface area contributed by atoms with Crippen LogP contribution in [-0.2, 0) is 11.3 Å². The molecule has 0 amide bonds.